The van der Waals surface area contributed by atoms with Crippen LogP contribution in [-0.4, -0.2) is 47.0 Å². The summed E-state index contributed by atoms with van der Waals surface area (Å²) in [6, 6.07) is -1.55. The Balaban J connectivity index is 4.56. The fraction of sp³-hybridized carbons (Fsp3) is 0.727. The Morgan fingerprint density at radius 2 is 1.89 bits per heavy atom. The average molecular weight is 259 g/mol. The highest BCUT2D eigenvalue weighted by molar-refractivity contribution is 5.86. The van der Waals surface area contributed by atoms with Crippen molar-refractivity contribution in [3.8, 4) is 0 Å². The number of nitrogens with zero attached hydrogens (tertiary/aromatic N) is 1. The lowest BCUT2D eigenvalue weighted by atomic mass is 10.0. The number of carbonyl (C=O) groups is 3. The molecule has 104 valence electrons. The van der Waals surface area contributed by atoms with Crippen LogP contribution in [0.15, 0.2) is 0 Å². The summed E-state index contributed by atoms with van der Waals surface area (Å²) in [6.07, 6.45) is 0.329. The van der Waals surface area contributed by atoms with Crippen LogP contribution in [0, 0.1) is 5.92 Å². The van der Waals surface area contributed by atoms with Gasteiger partial charge in [0.25, 0.3) is 0 Å². The van der Waals surface area contributed by atoms with Crippen LogP contribution in [0.25, 0.3) is 0 Å². The second-order valence-electron chi connectivity index (χ2n) is 4.45. The van der Waals surface area contributed by atoms with Gasteiger partial charge in [-0.3, -0.25) is 4.79 Å². The minimum Gasteiger partial charge on any atom is -0.480 e. The SMILES string of the molecule is CCN(CC(N)=O)C(=O)NC(CC(C)C)C(=O)O. The van der Waals surface area contributed by atoms with Gasteiger partial charge in [0.2, 0.25) is 5.91 Å². The number of carboxylic acids is 1. The predicted molar refractivity (Wildman–Crippen MR) is 65.9 cm³/mol. The van der Waals surface area contributed by atoms with Crippen LogP contribution in [0.1, 0.15) is 27.2 Å². The number of hydrogen-bond donors (Lipinski definition) is 3. The first-order valence-corrected chi connectivity index (χ1v) is 5.84. The van der Waals surface area contributed by atoms with E-state index < -0.39 is 23.9 Å². The number of hydrogen-bond acceptors (Lipinski definition) is 3. The molecule has 3 amide bonds. The smallest absolute Gasteiger partial charge is 0.326 e. The van der Waals surface area contributed by atoms with E-state index in [1.807, 2.05) is 13.8 Å². The van der Waals surface area contributed by atoms with Gasteiger partial charge in [0, 0.05) is 6.54 Å². The summed E-state index contributed by atoms with van der Waals surface area (Å²) in [6.45, 7) is 5.46. The molecule has 0 heterocycles. The molecule has 0 aliphatic heterocycles. The van der Waals surface area contributed by atoms with Gasteiger partial charge < -0.3 is 21.1 Å². The monoisotopic (exact) mass is 259 g/mol. The van der Waals surface area contributed by atoms with E-state index in [0.717, 1.165) is 0 Å². The number of primary amides is 1. The first kappa shape index (κ1) is 16.2. The van der Waals surface area contributed by atoms with Crippen molar-refractivity contribution in [3.63, 3.8) is 0 Å². The van der Waals surface area contributed by atoms with Crippen molar-refractivity contribution in [2.24, 2.45) is 11.7 Å². The molecule has 4 N–H and O–H groups in total. The molecule has 1 unspecified atom stereocenters. The van der Waals surface area contributed by atoms with E-state index in [0.29, 0.717) is 6.42 Å². The molecule has 0 aromatic carbocycles. The lowest BCUT2D eigenvalue weighted by Crippen LogP contribution is -2.50. The topological polar surface area (TPSA) is 113 Å². The minimum atomic E-state index is -1.09. The predicted octanol–water partition coefficient (Wildman–Crippen LogP) is 0.00250. The molecule has 1 atom stereocenters. The maximum atomic E-state index is 11.7. The zero-order valence-corrected chi connectivity index (χ0v) is 11.0. The molecule has 0 aliphatic carbocycles. The van der Waals surface area contributed by atoms with E-state index in [1.165, 1.54) is 4.90 Å². The van der Waals surface area contributed by atoms with Crippen LogP contribution >= 0.6 is 0 Å². The molecule has 0 saturated carbocycles. The van der Waals surface area contributed by atoms with Crippen molar-refractivity contribution in [1.82, 2.24) is 10.2 Å². The van der Waals surface area contributed by atoms with Crippen molar-refractivity contribution in [3.05, 3.63) is 0 Å². The Morgan fingerprint density at radius 1 is 1.33 bits per heavy atom. The lowest BCUT2D eigenvalue weighted by molar-refractivity contribution is -0.139. The van der Waals surface area contributed by atoms with Crippen LogP contribution in [0.2, 0.25) is 0 Å². The van der Waals surface area contributed by atoms with Gasteiger partial charge in [0.05, 0.1) is 0 Å². The van der Waals surface area contributed by atoms with Gasteiger partial charge in [0.1, 0.15) is 12.6 Å². The Hall–Kier alpha value is -1.79. The fourth-order valence-electron chi connectivity index (χ4n) is 1.45. The Morgan fingerprint density at radius 3 is 2.22 bits per heavy atom. The standard InChI is InChI=1S/C11H21N3O4/c1-4-14(6-9(12)15)11(18)13-8(10(16)17)5-7(2)3/h7-8H,4-6H2,1-3H3,(H2,12,15)(H,13,18)(H,16,17). The lowest BCUT2D eigenvalue weighted by Gasteiger charge is -2.23. The molecule has 0 rings (SSSR count). The second kappa shape index (κ2) is 7.52. The van der Waals surface area contributed by atoms with E-state index in [4.69, 9.17) is 10.8 Å². The number of aliphatic carboxylic acids is 1. The molecule has 0 fully saturated rings. The summed E-state index contributed by atoms with van der Waals surface area (Å²) >= 11 is 0. The molecule has 0 aliphatic rings. The Bertz CT molecular complexity index is 317. The van der Waals surface area contributed by atoms with Gasteiger partial charge in [-0.2, -0.15) is 0 Å². The molecule has 0 bridgehead atoms. The molecule has 7 heteroatoms. The summed E-state index contributed by atoms with van der Waals surface area (Å²) in [5, 5.41) is 11.4. The number of rotatable bonds is 7. The van der Waals surface area contributed by atoms with E-state index >= 15 is 0 Å². The normalized spacial score (nSPS) is 12.0. The van der Waals surface area contributed by atoms with E-state index in [2.05, 4.69) is 5.32 Å². The largest absolute Gasteiger partial charge is 0.480 e. The Kier molecular flexibility index (Phi) is 6.77. The third-order valence-corrected chi connectivity index (χ3v) is 2.32. The number of nitrogens with two attached hydrogens (primary N) is 1. The van der Waals surface area contributed by atoms with Crippen molar-refractivity contribution < 1.29 is 19.5 Å². The molecule has 7 nitrogen and oxygen atoms in total. The van der Waals surface area contributed by atoms with Crippen molar-refractivity contribution in [1.29, 1.82) is 0 Å². The maximum absolute atomic E-state index is 11.7. The summed E-state index contributed by atoms with van der Waals surface area (Å²) in [7, 11) is 0. The van der Waals surface area contributed by atoms with Crippen molar-refractivity contribution in [2.75, 3.05) is 13.1 Å². The summed E-state index contributed by atoms with van der Waals surface area (Å²) in [5.74, 6) is -1.59. The molecular weight excluding hydrogens is 238 g/mol. The van der Waals surface area contributed by atoms with Gasteiger partial charge in [-0.05, 0) is 19.3 Å². The van der Waals surface area contributed by atoms with E-state index in [-0.39, 0.29) is 19.0 Å². The van der Waals surface area contributed by atoms with Crippen LogP contribution in [0.5, 0.6) is 0 Å². The third-order valence-electron chi connectivity index (χ3n) is 2.32. The highest BCUT2D eigenvalue weighted by Crippen LogP contribution is 2.05. The highest BCUT2D eigenvalue weighted by atomic mass is 16.4. The van der Waals surface area contributed by atoms with Gasteiger partial charge in [0.15, 0.2) is 0 Å². The van der Waals surface area contributed by atoms with Crippen LogP contribution in [-0.2, 0) is 9.59 Å². The van der Waals surface area contributed by atoms with Crippen LogP contribution in [0.4, 0.5) is 4.79 Å². The molecule has 0 spiro atoms. The number of likely N-dealkylation sites (N-methyl/N-ethyl adjacent to an activating group) is 1. The number of urea groups is 1. The summed E-state index contributed by atoms with van der Waals surface area (Å²) in [4.78, 5) is 34.6. The number of nitrogens with one attached hydrogen (secondary N) is 1. The molecule has 0 radical (unpaired) electrons. The maximum Gasteiger partial charge on any atom is 0.326 e. The van der Waals surface area contributed by atoms with Crippen LogP contribution < -0.4 is 11.1 Å². The van der Waals surface area contributed by atoms with Gasteiger partial charge in [-0.15, -0.1) is 0 Å². The van der Waals surface area contributed by atoms with Crippen molar-refractivity contribution in [2.45, 2.75) is 33.2 Å². The fourth-order valence-corrected chi connectivity index (χ4v) is 1.45. The zero-order valence-electron chi connectivity index (χ0n) is 11.0. The second-order valence-corrected chi connectivity index (χ2v) is 4.45. The quantitative estimate of drug-likeness (QED) is 0.597. The molecule has 0 aromatic rings. The highest BCUT2D eigenvalue weighted by Gasteiger charge is 2.23. The van der Waals surface area contributed by atoms with Crippen LogP contribution in [0.3, 0.4) is 0 Å². The molecule has 18 heavy (non-hydrogen) atoms. The number of carbonyl (C=O) groups excluding carboxylic acids is 2. The number of amides is 3. The first-order valence-electron chi connectivity index (χ1n) is 5.84. The van der Waals surface area contributed by atoms with Gasteiger partial charge in [-0.1, -0.05) is 13.8 Å². The molecule has 0 aromatic heterocycles. The zero-order chi connectivity index (χ0) is 14.3. The summed E-state index contributed by atoms with van der Waals surface area (Å²) < 4.78 is 0. The first-order chi connectivity index (χ1) is 8.27. The average Bonchev–Trinajstić information content (AvgIpc) is 2.23. The van der Waals surface area contributed by atoms with E-state index in [1.54, 1.807) is 6.92 Å². The summed E-state index contributed by atoms with van der Waals surface area (Å²) in [5.41, 5.74) is 5.00. The molecule has 0 saturated heterocycles. The van der Waals surface area contributed by atoms with Crippen molar-refractivity contribution >= 4 is 17.9 Å². The number of carboxylic acid groups (broad SMARTS) is 1. The molecular formula is C11H21N3O4. The van der Waals surface area contributed by atoms with Gasteiger partial charge in [-0.25, -0.2) is 9.59 Å². The minimum absolute atomic E-state index is 0.137. The third kappa shape index (κ3) is 6.07. The Labute approximate surface area is 106 Å². The van der Waals surface area contributed by atoms with E-state index in [9.17, 15) is 14.4 Å². The van der Waals surface area contributed by atoms with Gasteiger partial charge >= 0.3 is 12.0 Å².